The van der Waals surface area contributed by atoms with Crippen molar-refractivity contribution in [3.8, 4) is 10.6 Å². The van der Waals surface area contributed by atoms with Gasteiger partial charge < -0.3 is 0 Å². The van der Waals surface area contributed by atoms with Crippen LogP contribution < -0.4 is 0 Å². The summed E-state index contributed by atoms with van der Waals surface area (Å²) in [5.74, 6) is 0.390. The van der Waals surface area contributed by atoms with Crippen molar-refractivity contribution in [2.24, 2.45) is 0 Å². The van der Waals surface area contributed by atoms with E-state index in [2.05, 4.69) is 10.2 Å². The molecule has 0 amide bonds. The quantitative estimate of drug-likeness (QED) is 0.764. The first kappa shape index (κ1) is 10.9. The summed E-state index contributed by atoms with van der Waals surface area (Å²) >= 11 is 13.3. The van der Waals surface area contributed by atoms with E-state index in [1.807, 2.05) is 25.1 Å². The van der Waals surface area contributed by atoms with Gasteiger partial charge in [0.2, 0.25) is 0 Å². The first-order chi connectivity index (χ1) is 7.22. The number of aromatic nitrogens is 2. The van der Waals surface area contributed by atoms with E-state index in [-0.39, 0.29) is 0 Å². The highest BCUT2D eigenvalue weighted by Gasteiger charge is 2.10. The molecule has 2 nitrogen and oxygen atoms in total. The van der Waals surface area contributed by atoms with Crippen molar-refractivity contribution in [2.45, 2.75) is 12.8 Å². The van der Waals surface area contributed by atoms with Gasteiger partial charge in [0.05, 0.1) is 10.9 Å². The Balaban J connectivity index is 2.49. The molecule has 15 heavy (non-hydrogen) atoms. The van der Waals surface area contributed by atoms with Gasteiger partial charge >= 0.3 is 0 Å². The molecule has 0 spiro atoms. The van der Waals surface area contributed by atoms with Crippen LogP contribution in [-0.2, 0) is 5.88 Å². The zero-order valence-electron chi connectivity index (χ0n) is 8.00. The maximum Gasteiger partial charge on any atom is 0.149 e. The van der Waals surface area contributed by atoms with E-state index in [4.69, 9.17) is 23.2 Å². The minimum atomic E-state index is 0.390. The van der Waals surface area contributed by atoms with E-state index in [0.717, 1.165) is 26.2 Å². The first-order valence-corrected chi connectivity index (χ1v) is 6.09. The highest BCUT2D eigenvalue weighted by atomic mass is 35.5. The molecule has 0 aliphatic rings. The topological polar surface area (TPSA) is 25.8 Å². The number of nitrogens with zero attached hydrogens (tertiary/aromatic N) is 2. The molecule has 1 heterocycles. The Labute approximate surface area is 102 Å². The SMILES string of the molecule is Cc1cccc(-c2nnc(CCl)s2)c1Cl. The molecule has 0 radical (unpaired) electrons. The third-order valence-electron chi connectivity index (χ3n) is 2.00. The lowest BCUT2D eigenvalue weighted by Gasteiger charge is -2.01. The molecule has 0 bridgehead atoms. The van der Waals surface area contributed by atoms with Crippen LogP contribution in [0, 0.1) is 6.92 Å². The van der Waals surface area contributed by atoms with Gasteiger partial charge in [0.25, 0.3) is 0 Å². The van der Waals surface area contributed by atoms with Crippen LogP contribution in [0.3, 0.4) is 0 Å². The Bertz CT molecular complexity index is 482. The van der Waals surface area contributed by atoms with Crippen molar-refractivity contribution in [2.75, 3.05) is 0 Å². The van der Waals surface area contributed by atoms with Gasteiger partial charge in [-0.1, -0.05) is 41.1 Å². The van der Waals surface area contributed by atoms with Crippen molar-refractivity contribution in [3.05, 3.63) is 33.8 Å². The zero-order valence-corrected chi connectivity index (χ0v) is 10.3. The molecule has 0 atom stereocenters. The number of aryl methyl sites for hydroxylation is 1. The third-order valence-corrected chi connectivity index (χ3v) is 3.87. The number of benzene rings is 1. The summed E-state index contributed by atoms with van der Waals surface area (Å²) in [4.78, 5) is 0. The first-order valence-electron chi connectivity index (χ1n) is 4.36. The van der Waals surface area contributed by atoms with E-state index in [0.29, 0.717) is 5.88 Å². The number of rotatable bonds is 2. The van der Waals surface area contributed by atoms with Crippen molar-refractivity contribution in [1.29, 1.82) is 0 Å². The minimum Gasteiger partial charge on any atom is -0.142 e. The van der Waals surface area contributed by atoms with Gasteiger partial charge in [-0.05, 0) is 12.5 Å². The zero-order chi connectivity index (χ0) is 10.8. The van der Waals surface area contributed by atoms with Crippen LogP contribution in [0.1, 0.15) is 10.6 Å². The Hall–Kier alpha value is -0.640. The van der Waals surface area contributed by atoms with Crippen LogP contribution in [0.4, 0.5) is 0 Å². The summed E-state index contributed by atoms with van der Waals surface area (Å²) < 4.78 is 0. The normalized spacial score (nSPS) is 10.6. The molecule has 78 valence electrons. The fourth-order valence-electron chi connectivity index (χ4n) is 1.23. The fourth-order valence-corrected chi connectivity index (χ4v) is 2.44. The molecule has 2 rings (SSSR count). The Morgan fingerprint density at radius 3 is 2.80 bits per heavy atom. The van der Waals surface area contributed by atoms with Crippen molar-refractivity contribution < 1.29 is 0 Å². The van der Waals surface area contributed by atoms with Crippen LogP contribution in [-0.4, -0.2) is 10.2 Å². The van der Waals surface area contributed by atoms with Gasteiger partial charge in [-0.15, -0.1) is 21.8 Å². The molecule has 2 aromatic rings. The second-order valence-electron chi connectivity index (χ2n) is 3.07. The molecule has 1 aromatic heterocycles. The molecule has 0 fully saturated rings. The predicted octanol–water partition coefficient (Wildman–Crippen LogP) is 3.91. The van der Waals surface area contributed by atoms with E-state index in [1.54, 1.807) is 0 Å². The van der Waals surface area contributed by atoms with Crippen molar-refractivity contribution in [1.82, 2.24) is 10.2 Å². The monoisotopic (exact) mass is 258 g/mol. The molecule has 0 unspecified atom stereocenters. The van der Waals surface area contributed by atoms with Crippen LogP contribution in [0.2, 0.25) is 5.02 Å². The summed E-state index contributed by atoms with van der Waals surface area (Å²) in [6.45, 7) is 1.97. The minimum absolute atomic E-state index is 0.390. The highest BCUT2D eigenvalue weighted by Crippen LogP contribution is 2.32. The van der Waals surface area contributed by atoms with Gasteiger partial charge in [-0.3, -0.25) is 0 Å². The molecule has 1 aromatic carbocycles. The maximum absolute atomic E-state index is 6.19. The largest absolute Gasteiger partial charge is 0.149 e. The molecule has 0 saturated heterocycles. The molecule has 0 saturated carbocycles. The van der Waals surface area contributed by atoms with E-state index < -0.39 is 0 Å². The average Bonchev–Trinajstić information content (AvgIpc) is 2.70. The summed E-state index contributed by atoms with van der Waals surface area (Å²) in [5, 5.41) is 10.4. The van der Waals surface area contributed by atoms with E-state index in [9.17, 15) is 0 Å². The smallest absolute Gasteiger partial charge is 0.142 e. The summed E-state index contributed by atoms with van der Waals surface area (Å²) in [5.41, 5.74) is 1.96. The summed E-state index contributed by atoms with van der Waals surface area (Å²) in [6.07, 6.45) is 0. The van der Waals surface area contributed by atoms with Gasteiger partial charge in [-0.2, -0.15) is 0 Å². The second kappa shape index (κ2) is 4.47. The number of alkyl halides is 1. The Morgan fingerprint density at radius 1 is 1.33 bits per heavy atom. The molecule has 0 aliphatic heterocycles. The molecule has 5 heteroatoms. The third kappa shape index (κ3) is 2.14. The number of hydrogen-bond acceptors (Lipinski definition) is 3. The summed E-state index contributed by atoms with van der Waals surface area (Å²) in [7, 11) is 0. The molecule has 0 aliphatic carbocycles. The number of halogens is 2. The van der Waals surface area contributed by atoms with Crippen LogP contribution in [0.25, 0.3) is 10.6 Å². The highest BCUT2D eigenvalue weighted by molar-refractivity contribution is 7.14. The standard InChI is InChI=1S/C10H8Cl2N2S/c1-6-3-2-4-7(9(6)12)10-14-13-8(5-11)15-10/h2-4H,5H2,1H3. The summed E-state index contributed by atoms with van der Waals surface area (Å²) in [6, 6.07) is 5.86. The van der Waals surface area contributed by atoms with Crippen molar-refractivity contribution >= 4 is 34.5 Å². The van der Waals surface area contributed by atoms with Crippen molar-refractivity contribution in [3.63, 3.8) is 0 Å². The van der Waals surface area contributed by atoms with Gasteiger partial charge in [0.15, 0.2) is 0 Å². The fraction of sp³-hybridized carbons (Fsp3) is 0.200. The maximum atomic E-state index is 6.19. The van der Waals surface area contributed by atoms with Crippen LogP contribution >= 0.6 is 34.5 Å². The molecular formula is C10H8Cl2N2S. The predicted molar refractivity (Wildman–Crippen MR) is 64.6 cm³/mol. The molecular weight excluding hydrogens is 251 g/mol. The van der Waals surface area contributed by atoms with Gasteiger partial charge in [0.1, 0.15) is 10.0 Å². The lowest BCUT2D eigenvalue weighted by atomic mass is 10.1. The lowest BCUT2D eigenvalue weighted by Crippen LogP contribution is -1.82. The Morgan fingerprint density at radius 2 is 2.13 bits per heavy atom. The lowest BCUT2D eigenvalue weighted by molar-refractivity contribution is 1.04. The average molecular weight is 259 g/mol. The van der Waals surface area contributed by atoms with Crippen LogP contribution in [0.5, 0.6) is 0 Å². The van der Waals surface area contributed by atoms with E-state index in [1.165, 1.54) is 11.3 Å². The van der Waals surface area contributed by atoms with Gasteiger partial charge in [-0.25, -0.2) is 0 Å². The van der Waals surface area contributed by atoms with Crippen LogP contribution in [0.15, 0.2) is 18.2 Å². The van der Waals surface area contributed by atoms with E-state index >= 15 is 0 Å². The van der Waals surface area contributed by atoms with Gasteiger partial charge in [0, 0.05) is 5.56 Å². The Kier molecular flexibility index (Phi) is 3.24. The number of hydrogen-bond donors (Lipinski definition) is 0. The second-order valence-corrected chi connectivity index (χ2v) is 4.78. The molecule has 0 N–H and O–H groups in total.